The van der Waals surface area contributed by atoms with E-state index in [2.05, 4.69) is 41.4 Å². The second-order valence-electron chi connectivity index (χ2n) is 7.66. The van der Waals surface area contributed by atoms with E-state index in [0.29, 0.717) is 23.8 Å². The smallest absolute Gasteiger partial charge is 0.156 e. The monoisotopic (exact) mass is 328 g/mol. The molecule has 2 saturated heterocycles. The highest BCUT2D eigenvalue weighted by atomic mass is 16.6. The van der Waals surface area contributed by atoms with Crippen LogP contribution in [0.3, 0.4) is 0 Å². The molecule has 0 amide bonds. The van der Waals surface area contributed by atoms with Gasteiger partial charge in [-0.3, -0.25) is 0 Å². The van der Waals surface area contributed by atoms with Crippen LogP contribution in [-0.4, -0.2) is 50.6 Å². The van der Waals surface area contributed by atoms with Crippen molar-refractivity contribution in [3.63, 3.8) is 0 Å². The van der Waals surface area contributed by atoms with Crippen LogP contribution in [0.5, 0.6) is 0 Å². The zero-order chi connectivity index (χ0) is 16.5. The molecule has 2 aliphatic heterocycles. The summed E-state index contributed by atoms with van der Waals surface area (Å²) in [6.45, 7) is 1.11. The van der Waals surface area contributed by atoms with Crippen LogP contribution in [0.1, 0.15) is 12.8 Å². The van der Waals surface area contributed by atoms with E-state index >= 15 is 0 Å². The van der Waals surface area contributed by atoms with Crippen LogP contribution in [0.2, 0.25) is 0 Å². The predicted octanol–water partition coefficient (Wildman–Crippen LogP) is 2.33. The molecular formula is C19H24N2O3. The lowest BCUT2D eigenvalue weighted by Crippen LogP contribution is -2.64. The molecule has 3 aliphatic carbocycles. The Balaban J connectivity index is 1.73. The molecular weight excluding hydrogens is 304 g/mol. The largest absolute Gasteiger partial charge is 0.493 e. The Morgan fingerprint density at radius 2 is 2.17 bits per heavy atom. The van der Waals surface area contributed by atoms with Crippen molar-refractivity contribution >= 4 is 5.71 Å². The van der Waals surface area contributed by atoms with Gasteiger partial charge in [0.2, 0.25) is 0 Å². The van der Waals surface area contributed by atoms with Crippen LogP contribution < -0.4 is 0 Å². The second-order valence-corrected chi connectivity index (χ2v) is 7.66. The van der Waals surface area contributed by atoms with E-state index < -0.39 is 0 Å². The van der Waals surface area contributed by atoms with Crippen molar-refractivity contribution in [2.24, 2.45) is 28.3 Å². The summed E-state index contributed by atoms with van der Waals surface area (Å²) in [6.07, 6.45) is 11.2. The van der Waals surface area contributed by atoms with Crippen molar-refractivity contribution in [1.29, 1.82) is 0 Å². The summed E-state index contributed by atoms with van der Waals surface area (Å²) in [5.41, 5.74) is 0.992. The number of ether oxygens (including phenoxy) is 2. The molecule has 5 rings (SSSR count). The molecule has 5 heteroatoms. The molecule has 0 radical (unpaired) electrons. The summed E-state index contributed by atoms with van der Waals surface area (Å²) >= 11 is 0. The van der Waals surface area contributed by atoms with Crippen molar-refractivity contribution in [3.8, 4) is 0 Å². The molecule has 6 atom stereocenters. The highest BCUT2D eigenvalue weighted by molar-refractivity contribution is 6.00. The maximum absolute atomic E-state index is 6.55. The lowest BCUT2D eigenvalue weighted by Gasteiger charge is -2.59. The first-order valence-corrected chi connectivity index (χ1v) is 8.83. The van der Waals surface area contributed by atoms with Gasteiger partial charge in [-0.1, -0.05) is 17.3 Å². The fourth-order valence-electron chi connectivity index (χ4n) is 6.03. The Hall–Kier alpha value is -1.75. The zero-order valence-corrected chi connectivity index (χ0v) is 14.4. The number of methoxy groups -OCH3 is 1. The zero-order valence-electron chi connectivity index (χ0n) is 14.4. The second kappa shape index (κ2) is 4.88. The molecule has 128 valence electrons. The molecule has 2 unspecified atom stereocenters. The van der Waals surface area contributed by atoms with Crippen molar-refractivity contribution in [2.75, 3.05) is 27.8 Å². The number of hydrogen-bond donors (Lipinski definition) is 0. The molecule has 1 spiro atoms. The third-order valence-electron chi connectivity index (χ3n) is 6.93. The average molecular weight is 328 g/mol. The molecule has 2 bridgehead atoms. The average Bonchev–Trinajstić information content (AvgIpc) is 2.94. The molecule has 2 heterocycles. The van der Waals surface area contributed by atoms with Crippen molar-refractivity contribution in [3.05, 3.63) is 35.8 Å². The van der Waals surface area contributed by atoms with Crippen molar-refractivity contribution < 1.29 is 14.3 Å². The molecule has 0 aromatic heterocycles. The third kappa shape index (κ3) is 1.56. The number of rotatable bonds is 2. The Morgan fingerprint density at radius 3 is 2.96 bits per heavy atom. The fourth-order valence-corrected chi connectivity index (χ4v) is 6.03. The molecule has 24 heavy (non-hydrogen) atoms. The Kier molecular flexibility index (Phi) is 2.97. The third-order valence-corrected chi connectivity index (χ3v) is 6.93. The predicted molar refractivity (Wildman–Crippen MR) is 90.2 cm³/mol. The van der Waals surface area contributed by atoms with E-state index in [1.807, 2.05) is 0 Å². The SMILES string of the molecule is CON=C1C=C[C@H]2[C@H]3CC4C=CC(OC)=C5O[C@@H]1[C@]2(CCN3C)C54. The maximum atomic E-state index is 6.55. The number of piperidine rings is 1. The summed E-state index contributed by atoms with van der Waals surface area (Å²) in [4.78, 5) is 7.65. The number of likely N-dealkylation sites (tertiary alicyclic amines) is 1. The minimum atomic E-state index is -0.0310. The minimum Gasteiger partial charge on any atom is -0.493 e. The highest BCUT2D eigenvalue weighted by Crippen LogP contribution is 2.66. The quantitative estimate of drug-likeness (QED) is 0.730. The van der Waals surface area contributed by atoms with Gasteiger partial charge in [-0.25, -0.2) is 0 Å². The van der Waals surface area contributed by atoms with E-state index in [4.69, 9.17) is 14.3 Å². The van der Waals surface area contributed by atoms with Gasteiger partial charge < -0.3 is 19.2 Å². The van der Waals surface area contributed by atoms with Gasteiger partial charge in [-0.15, -0.1) is 0 Å². The standard InChI is InChI=1S/C19H24N2O3/c1-21-9-8-19-12-5-6-13(20-23-3)18(19)24-17-15(22-2)7-4-11(16(17)19)10-14(12)21/h4-7,11-12,14,16,18H,8-10H2,1-3H3/t11?,12-,14+,16?,18-,19-/m0/s1. The van der Waals surface area contributed by atoms with Gasteiger partial charge in [0.15, 0.2) is 11.9 Å². The molecule has 3 fully saturated rings. The van der Waals surface area contributed by atoms with Gasteiger partial charge in [0.05, 0.1) is 7.11 Å². The molecule has 5 nitrogen and oxygen atoms in total. The molecule has 0 aromatic rings. The van der Waals surface area contributed by atoms with E-state index in [1.165, 1.54) is 6.42 Å². The summed E-state index contributed by atoms with van der Waals surface area (Å²) in [5, 5.41) is 4.29. The number of hydrogen-bond acceptors (Lipinski definition) is 5. The van der Waals surface area contributed by atoms with E-state index in [-0.39, 0.29) is 11.5 Å². The van der Waals surface area contributed by atoms with Crippen LogP contribution in [0.25, 0.3) is 0 Å². The first kappa shape index (κ1) is 14.6. The lowest BCUT2D eigenvalue weighted by atomic mass is 9.48. The Morgan fingerprint density at radius 1 is 1.29 bits per heavy atom. The Labute approximate surface area is 142 Å². The van der Waals surface area contributed by atoms with E-state index in [0.717, 1.165) is 30.2 Å². The summed E-state index contributed by atoms with van der Waals surface area (Å²) in [6, 6.07) is 0.569. The maximum Gasteiger partial charge on any atom is 0.156 e. The number of allylic oxidation sites excluding steroid dienone is 3. The topological polar surface area (TPSA) is 43.3 Å². The van der Waals surface area contributed by atoms with Crippen LogP contribution in [0.4, 0.5) is 0 Å². The van der Waals surface area contributed by atoms with Crippen LogP contribution >= 0.6 is 0 Å². The molecule has 0 aromatic carbocycles. The summed E-state index contributed by atoms with van der Waals surface area (Å²) < 4.78 is 12.2. The van der Waals surface area contributed by atoms with Crippen LogP contribution in [0, 0.1) is 23.2 Å². The van der Waals surface area contributed by atoms with E-state index in [1.54, 1.807) is 14.2 Å². The highest BCUT2D eigenvalue weighted by Gasteiger charge is 2.69. The van der Waals surface area contributed by atoms with E-state index in [9.17, 15) is 0 Å². The van der Waals surface area contributed by atoms with Crippen molar-refractivity contribution in [2.45, 2.75) is 25.0 Å². The normalized spacial score (nSPS) is 46.8. The van der Waals surface area contributed by atoms with Crippen molar-refractivity contribution in [1.82, 2.24) is 4.90 Å². The summed E-state index contributed by atoms with van der Waals surface area (Å²) in [5.74, 6) is 3.33. The number of nitrogens with zero attached hydrogens (tertiary/aromatic N) is 2. The van der Waals surface area contributed by atoms with Gasteiger partial charge >= 0.3 is 0 Å². The van der Waals surface area contributed by atoms with Gasteiger partial charge in [0.1, 0.15) is 18.6 Å². The Bertz CT molecular complexity index is 695. The first-order chi connectivity index (χ1) is 11.7. The summed E-state index contributed by atoms with van der Waals surface area (Å²) in [7, 11) is 5.60. The lowest BCUT2D eigenvalue weighted by molar-refractivity contribution is -0.0764. The molecule has 0 N–H and O–H groups in total. The first-order valence-electron chi connectivity index (χ1n) is 8.83. The molecule has 5 aliphatic rings. The van der Waals surface area contributed by atoms with Gasteiger partial charge in [-0.05, 0) is 44.5 Å². The van der Waals surface area contributed by atoms with Crippen LogP contribution in [0.15, 0.2) is 41.0 Å². The van der Waals surface area contributed by atoms with Crippen LogP contribution in [-0.2, 0) is 14.3 Å². The van der Waals surface area contributed by atoms with Gasteiger partial charge in [0.25, 0.3) is 0 Å². The van der Waals surface area contributed by atoms with Gasteiger partial charge in [-0.2, -0.15) is 0 Å². The fraction of sp³-hybridized carbons (Fsp3) is 0.632. The minimum absolute atomic E-state index is 0.0310. The number of oxime groups is 1. The van der Waals surface area contributed by atoms with Gasteiger partial charge in [0, 0.05) is 23.3 Å². The molecule has 1 saturated carbocycles.